The van der Waals surface area contributed by atoms with Crippen LogP contribution in [0.4, 0.5) is 0 Å². The lowest BCUT2D eigenvalue weighted by molar-refractivity contribution is 0.238. The summed E-state index contributed by atoms with van der Waals surface area (Å²) in [4.78, 5) is 0. The highest BCUT2D eigenvalue weighted by Gasteiger charge is 2.09. The highest BCUT2D eigenvalue weighted by Crippen LogP contribution is 2.30. The number of hydrogen-bond donors (Lipinski definition) is 2. The van der Waals surface area contributed by atoms with Gasteiger partial charge in [0.25, 0.3) is 0 Å². The van der Waals surface area contributed by atoms with Gasteiger partial charge in [-0.2, -0.15) is 0 Å². The van der Waals surface area contributed by atoms with E-state index in [1.54, 1.807) is 0 Å². The zero-order valence-corrected chi connectivity index (χ0v) is 15.6. The average molecular weight is 364 g/mol. The molecule has 0 fully saturated rings. The van der Waals surface area contributed by atoms with E-state index in [4.69, 9.17) is 21.1 Å². The number of ether oxygens (including phenoxy) is 2. The van der Waals surface area contributed by atoms with Crippen molar-refractivity contribution in [1.82, 2.24) is 5.32 Å². The third-order valence-corrected chi connectivity index (χ3v) is 4.33. The first-order chi connectivity index (χ1) is 12.2. The quantitative estimate of drug-likeness (QED) is 0.665. The zero-order chi connectivity index (χ0) is 18.1. The summed E-state index contributed by atoms with van der Waals surface area (Å²) >= 11 is 6.18. The van der Waals surface area contributed by atoms with Gasteiger partial charge in [-0.05, 0) is 37.1 Å². The first-order valence-electron chi connectivity index (χ1n) is 8.64. The SMILES string of the molecule is CCOc1cc(CN[C@H](CC)CO)ccc1OCc1ccccc1Cl. The van der Waals surface area contributed by atoms with Gasteiger partial charge in [-0.25, -0.2) is 0 Å². The molecule has 0 aliphatic rings. The third-order valence-electron chi connectivity index (χ3n) is 3.96. The Labute approximate surface area is 154 Å². The topological polar surface area (TPSA) is 50.7 Å². The summed E-state index contributed by atoms with van der Waals surface area (Å²) in [5.74, 6) is 1.41. The van der Waals surface area contributed by atoms with Crippen LogP contribution in [0.1, 0.15) is 31.4 Å². The van der Waals surface area contributed by atoms with Crippen LogP contribution in [0, 0.1) is 0 Å². The standard InChI is InChI=1S/C20H26ClNO3/c1-3-17(13-23)22-12-15-9-10-19(20(11-15)24-4-2)25-14-16-7-5-6-8-18(16)21/h5-11,17,22-23H,3-4,12-14H2,1-2H3/t17-/m1/s1. The number of aliphatic hydroxyl groups excluding tert-OH is 1. The van der Waals surface area contributed by atoms with Gasteiger partial charge < -0.3 is 19.9 Å². The Kier molecular flexibility index (Phi) is 8.06. The second-order valence-electron chi connectivity index (χ2n) is 5.76. The minimum absolute atomic E-state index is 0.103. The van der Waals surface area contributed by atoms with Crippen LogP contribution in [0.5, 0.6) is 11.5 Å². The first kappa shape index (κ1) is 19.6. The normalized spacial score (nSPS) is 12.0. The number of aliphatic hydroxyl groups is 1. The molecule has 0 aliphatic heterocycles. The molecule has 2 N–H and O–H groups in total. The van der Waals surface area contributed by atoms with Crippen LogP contribution in [0.3, 0.4) is 0 Å². The van der Waals surface area contributed by atoms with Crippen molar-refractivity contribution in [2.45, 2.75) is 39.5 Å². The summed E-state index contributed by atoms with van der Waals surface area (Å²) in [6.07, 6.45) is 0.883. The largest absolute Gasteiger partial charge is 0.490 e. The third kappa shape index (κ3) is 5.92. The zero-order valence-electron chi connectivity index (χ0n) is 14.8. The summed E-state index contributed by atoms with van der Waals surface area (Å²) in [7, 11) is 0. The van der Waals surface area contributed by atoms with E-state index in [9.17, 15) is 5.11 Å². The molecule has 2 aromatic rings. The Morgan fingerprint density at radius 1 is 1.08 bits per heavy atom. The molecule has 0 aromatic heterocycles. The van der Waals surface area contributed by atoms with E-state index in [-0.39, 0.29) is 12.6 Å². The summed E-state index contributed by atoms with van der Waals surface area (Å²) in [6, 6.07) is 13.6. The predicted octanol–water partition coefficient (Wildman–Crippen LogP) is 4.18. The van der Waals surface area contributed by atoms with Gasteiger partial charge in [-0.1, -0.05) is 42.8 Å². The molecule has 1 atom stereocenters. The molecule has 136 valence electrons. The number of hydrogen-bond acceptors (Lipinski definition) is 4. The molecule has 2 rings (SSSR count). The van der Waals surface area contributed by atoms with Gasteiger partial charge in [0, 0.05) is 23.2 Å². The van der Waals surface area contributed by atoms with Crippen LogP contribution in [0.25, 0.3) is 0 Å². The van der Waals surface area contributed by atoms with Gasteiger partial charge in [-0.3, -0.25) is 0 Å². The minimum Gasteiger partial charge on any atom is -0.490 e. The van der Waals surface area contributed by atoms with E-state index in [0.29, 0.717) is 36.3 Å². The molecule has 0 saturated heterocycles. The van der Waals surface area contributed by atoms with Crippen molar-refractivity contribution in [2.24, 2.45) is 0 Å². The van der Waals surface area contributed by atoms with Gasteiger partial charge in [0.15, 0.2) is 11.5 Å². The van der Waals surface area contributed by atoms with Crippen LogP contribution < -0.4 is 14.8 Å². The van der Waals surface area contributed by atoms with E-state index in [0.717, 1.165) is 17.5 Å². The lowest BCUT2D eigenvalue weighted by atomic mass is 10.1. The van der Waals surface area contributed by atoms with E-state index in [1.807, 2.05) is 56.3 Å². The van der Waals surface area contributed by atoms with E-state index in [1.165, 1.54) is 0 Å². The average Bonchev–Trinajstić information content (AvgIpc) is 2.63. The molecule has 25 heavy (non-hydrogen) atoms. The second kappa shape index (κ2) is 10.3. The Morgan fingerprint density at radius 3 is 2.56 bits per heavy atom. The number of nitrogens with one attached hydrogen (secondary N) is 1. The monoisotopic (exact) mass is 363 g/mol. The van der Waals surface area contributed by atoms with Gasteiger partial charge in [0.05, 0.1) is 13.2 Å². The fraction of sp³-hybridized carbons (Fsp3) is 0.400. The fourth-order valence-corrected chi connectivity index (χ4v) is 2.61. The Bertz CT molecular complexity index is 659. The van der Waals surface area contributed by atoms with Crippen molar-refractivity contribution in [1.29, 1.82) is 0 Å². The molecule has 0 radical (unpaired) electrons. The van der Waals surface area contributed by atoms with Crippen LogP contribution in [-0.4, -0.2) is 24.4 Å². The van der Waals surface area contributed by atoms with Crippen molar-refractivity contribution >= 4 is 11.6 Å². The summed E-state index contributed by atoms with van der Waals surface area (Å²) in [5.41, 5.74) is 2.02. The fourth-order valence-electron chi connectivity index (χ4n) is 2.42. The Morgan fingerprint density at radius 2 is 1.88 bits per heavy atom. The van der Waals surface area contributed by atoms with Gasteiger partial charge in [0.2, 0.25) is 0 Å². The van der Waals surface area contributed by atoms with Gasteiger partial charge in [0.1, 0.15) is 6.61 Å². The summed E-state index contributed by atoms with van der Waals surface area (Å²) in [5, 5.41) is 13.3. The summed E-state index contributed by atoms with van der Waals surface area (Å²) < 4.78 is 11.6. The molecule has 0 saturated carbocycles. The highest BCUT2D eigenvalue weighted by molar-refractivity contribution is 6.31. The molecule has 0 aliphatic carbocycles. The molecule has 0 spiro atoms. The lowest BCUT2D eigenvalue weighted by Crippen LogP contribution is -2.31. The van der Waals surface area contributed by atoms with Crippen LogP contribution >= 0.6 is 11.6 Å². The molecular formula is C20H26ClNO3. The Hall–Kier alpha value is -1.75. The van der Waals surface area contributed by atoms with Crippen molar-refractivity contribution < 1.29 is 14.6 Å². The summed E-state index contributed by atoms with van der Waals surface area (Å²) in [6.45, 7) is 5.75. The van der Waals surface area contributed by atoms with Crippen LogP contribution in [-0.2, 0) is 13.2 Å². The van der Waals surface area contributed by atoms with Crippen molar-refractivity contribution in [2.75, 3.05) is 13.2 Å². The molecule has 0 heterocycles. The number of benzene rings is 2. The maximum Gasteiger partial charge on any atom is 0.161 e. The molecule has 4 nitrogen and oxygen atoms in total. The maximum absolute atomic E-state index is 9.27. The van der Waals surface area contributed by atoms with Crippen molar-refractivity contribution in [3.8, 4) is 11.5 Å². The van der Waals surface area contributed by atoms with Crippen molar-refractivity contribution in [3.63, 3.8) is 0 Å². The van der Waals surface area contributed by atoms with Crippen LogP contribution in [0.15, 0.2) is 42.5 Å². The van der Waals surface area contributed by atoms with E-state index >= 15 is 0 Å². The predicted molar refractivity (Wildman–Crippen MR) is 101 cm³/mol. The lowest BCUT2D eigenvalue weighted by Gasteiger charge is -2.16. The maximum atomic E-state index is 9.27. The number of rotatable bonds is 10. The Balaban J connectivity index is 2.06. The second-order valence-corrected chi connectivity index (χ2v) is 6.17. The van der Waals surface area contributed by atoms with Gasteiger partial charge in [-0.15, -0.1) is 0 Å². The van der Waals surface area contributed by atoms with E-state index < -0.39 is 0 Å². The minimum atomic E-state index is 0.103. The highest BCUT2D eigenvalue weighted by atomic mass is 35.5. The molecule has 2 aromatic carbocycles. The first-order valence-corrected chi connectivity index (χ1v) is 9.01. The molecule has 0 unspecified atom stereocenters. The van der Waals surface area contributed by atoms with Crippen LogP contribution in [0.2, 0.25) is 5.02 Å². The smallest absolute Gasteiger partial charge is 0.161 e. The van der Waals surface area contributed by atoms with E-state index in [2.05, 4.69) is 5.32 Å². The molecule has 0 amide bonds. The molecule has 0 bridgehead atoms. The van der Waals surface area contributed by atoms with Gasteiger partial charge >= 0.3 is 0 Å². The van der Waals surface area contributed by atoms with Crippen molar-refractivity contribution in [3.05, 3.63) is 58.6 Å². The number of halogens is 1. The molecule has 5 heteroatoms. The molecular weight excluding hydrogens is 338 g/mol.